The van der Waals surface area contributed by atoms with E-state index in [1.54, 1.807) is 0 Å². The van der Waals surface area contributed by atoms with Gasteiger partial charge < -0.3 is 4.90 Å². The summed E-state index contributed by atoms with van der Waals surface area (Å²) < 4.78 is 0. The van der Waals surface area contributed by atoms with Crippen molar-refractivity contribution in [2.24, 2.45) is 16.7 Å². The van der Waals surface area contributed by atoms with Gasteiger partial charge in [-0.2, -0.15) is 0 Å². The molecule has 1 heterocycles. The van der Waals surface area contributed by atoms with Gasteiger partial charge >= 0.3 is 0 Å². The normalized spacial score (nSPS) is 22.7. The molecule has 96 valence electrons. The van der Waals surface area contributed by atoms with Gasteiger partial charge in [-0.15, -0.1) is 0 Å². The Balaban J connectivity index is 2.53. The van der Waals surface area contributed by atoms with Crippen LogP contribution < -0.4 is 0 Å². The maximum atomic E-state index is 2.65. The van der Waals surface area contributed by atoms with Gasteiger partial charge in [0.1, 0.15) is 0 Å². The monoisotopic (exact) mass is 225 g/mol. The van der Waals surface area contributed by atoms with Crippen molar-refractivity contribution in [2.45, 2.75) is 60.8 Å². The summed E-state index contributed by atoms with van der Waals surface area (Å²) in [6.45, 7) is 18.3. The van der Waals surface area contributed by atoms with Gasteiger partial charge in [0, 0.05) is 6.54 Å². The third kappa shape index (κ3) is 3.00. The zero-order valence-corrected chi connectivity index (χ0v) is 12.3. The highest BCUT2D eigenvalue weighted by atomic mass is 15.1. The van der Waals surface area contributed by atoms with Gasteiger partial charge in [-0.05, 0) is 42.7 Å². The van der Waals surface area contributed by atoms with E-state index in [0.717, 1.165) is 5.92 Å². The molecular formula is C15H31N. The SMILES string of the molecule is CCC(C)(C)C1(C)CCN(CC(C)C)CC1. The highest BCUT2D eigenvalue weighted by Gasteiger charge is 2.41. The Morgan fingerprint density at radius 3 is 2.06 bits per heavy atom. The summed E-state index contributed by atoms with van der Waals surface area (Å²) in [6.07, 6.45) is 4.05. The van der Waals surface area contributed by atoms with E-state index >= 15 is 0 Å². The largest absolute Gasteiger partial charge is 0.303 e. The fourth-order valence-electron chi connectivity index (χ4n) is 2.85. The zero-order chi connectivity index (χ0) is 12.4. The lowest BCUT2D eigenvalue weighted by molar-refractivity contribution is 0.00516. The summed E-state index contributed by atoms with van der Waals surface area (Å²) in [5, 5.41) is 0. The fraction of sp³-hybridized carbons (Fsp3) is 1.00. The molecule has 1 aliphatic rings. The molecule has 1 aliphatic heterocycles. The van der Waals surface area contributed by atoms with Crippen molar-refractivity contribution in [1.29, 1.82) is 0 Å². The standard InChI is InChI=1S/C15H31N/c1-7-14(4,5)15(6)8-10-16(11-9-15)12-13(2)3/h13H,7-12H2,1-6H3. The molecule has 0 saturated carbocycles. The molecule has 1 heteroatoms. The highest BCUT2D eigenvalue weighted by molar-refractivity contribution is 4.92. The number of rotatable bonds is 4. The molecule has 1 rings (SSSR count). The summed E-state index contributed by atoms with van der Waals surface area (Å²) in [7, 11) is 0. The summed E-state index contributed by atoms with van der Waals surface area (Å²) in [5.41, 5.74) is 1.05. The fourth-order valence-corrected chi connectivity index (χ4v) is 2.85. The van der Waals surface area contributed by atoms with Crippen LogP contribution >= 0.6 is 0 Å². The smallest absolute Gasteiger partial charge is 0.000439 e. The van der Waals surface area contributed by atoms with E-state index in [-0.39, 0.29) is 0 Å². The van der Waals surface area contributed by atoms with Crippen LogP contribution in [0.25, 0.3) is 0 Å². The van der Waals surface area contributed by atoms with Crippen LogP contribution in [0.5, 0.6) is 0 Å². The number of likely N-dealkylation sites (tertiary alicyclic amines) is 1. The Morgan fingerprint density at radius 1 is 1.19 bits per heavy atom. The second-order valence-corrected chi connectivity index (χ2v) is 6.99. The summed E-state index contributed by atoms with van der Waals surface area (Å²) >= 11 is 0. The average Bonchev–Trinajstić information content (AvgIpc) is 2.21. The molecule has 1 fully saturated rings. The molecule has 0 unspecified atom stereocenters. The van der Waals surface area contributed by atoms with Crippen molar-refractivity contribution in [3.63, 3.8) is 0 Å². The summed E-state index contributed by atoms with van der Waals surface area (Å²) in [5.74, 6) is 0.809. The van der Waals surface area contributed by atoms with E-state index in [4.69, 9.17) is 0 Å². The number of hydrogen-bond acceptors (Lipinski definition) is 1. The van der Waals surface area contributed by atoms with Crippen LogP contribution in [-0.2, 0) is 0 Å². The van der Waals surface area contributed by atoms with Crippen LogP contribution in [0, 0.1) is 16.7 Å². The zero-order valence-electron chi connectivity index (χ0n) is 12.3. The predicted molar refractivity (Wildman–Crippen MR) is 72.7 cm³/mol. The molecular weight excluding hydrogens is 194 g/mol. The maximum absolute atomic E-state index is 2.65. The Bertz CT molecular complexity index is 209. The van der Waals surface area contributed by atoms with Gasteiger partial charge in [-0.1, -0.05) is 48.0 Å². The van der Waals surface area contributed by atoms with E-state index in [0.29, 0.717) is 10.8 Å². The molecule has 0 amide bonds. The summed E-state index contributed by atoms with van der Waals surface area (Å²) in [6, 6.07) is 0. The van der Waals surface area contributed by atoms with Crippen LogP contribution in [-0.4, -0.2) is 24.5 Å². The molecule has 16 heavy (non-hydrogen) atoms. The minimum Gasteiger partial charge on any atom is -0.303 e. The second kappa shape index (κ2) is 5.08. The van der Waals surface area contributed by atoms with E-state index < -0.39 is 0 Å². The van der Waals surface area contributed by atoms with Gasteiger partial charge in [0.05, 0.1) is 0 Å². The molecule has 1 nitrogen and oxygen atoms in total. The Kier molecular flexibility index (Phi) is 4.45. The van der Waals surface area contributed by atoms with Crippen molar-refractivity contribution in [3.05, 3.63) is 0 Å². The molecule has 0 radical (unpaired) electrons. The Morgan fingerprint density at radius 2 is 1.69 bits per heavy atom. The molecule has 0 spiro atoms. The maximum Gasteiger partial charge on any atom is 0.000439 e. The van der Waals surface area contributed by atoms with Crippen molar-refractivity contribution in [3.8, 4) is 0 Å². The van der Waals surface area contributed by atoms with Gasteiger partial charge in [0.15, 0.2) is 0 Å². The molecule has 1 saturated heterocycles. The first-order valence-electron chi connectivity index (χ1n) is 7.03. The third-order valence-electron chi connectivity index (χ3n) is 5.10. The molecule has 0 bridgehead atoms. The predicted octanol–water partition coefficient (Wildman–Crippen LogP) is 4.18. The Hall–Kier alpha value is -0.0400. The van der Waals surface area contributed by atoms with Gasteiger partial charge in [0.25, 0.3) is 0 Å². The molecule has 0 N–H and O–H groups in total. The number of hydrogen-bond donors (Lipinski definition) is 0. The second-order valence-electron chi connectivity index (χ2n) is 6.99. The van der Waals surface area contributed by atoms with Gasteiger partial charge in [-0.25, -0.2) is 0 Å². The van der Waals surface area contributed by atoms with Crippen molar-refractivity contribution >= 4 is 0 Å². The molecule has 0 aromatic heterocycles. The van der Waals surface area contributed by atoms with Crippen LogP contribution in [0.4, 0.5) is 0 Å². The van der Waals surface area contributed by atoms with Gasteiger partial charge in [0.2, 0.25) is 0 Å². The number of piperidine rings is 1. The van der Waals surface area contributed by atoms with E-state index in [9.17, 15) is 0 Å². The first-order valence-corrected chi connectivity index (χ1v) is 7.03. The highest BCUT2D eigenvalue weighted by Crippen LogP contribution is 2.48. The minimum atomic E-state index is 0.497. The lowest BCUT2D eigenvalue weighted by Gasteiger charge is -2.49. The first-order chi connectivity index (χ1) is 7.31. The molecule has 0 aromatic rings. The third-order valence-corrected chi connectivity index (χ3v) is 5.10. The van der Waals surface area contributed by atoms with Crippen molar-refractivity contribution in [1.82, 2.24) is 4.90 Å². The minimum absolute atomic E-state index is 0.497. The van der Waals surface area contributed by atoms with Crippen molar-refractivity contribution < 1.29 is 0 Å². The van der Waals surface area contributed by atoms with E-state index in [2.05, 4.69) is 46.4 Å². The quantitative estimate of drug-likeness (QED) is 0.694. The van der Waals surface area contributed by atoms with Crippen molar-refractivity contribution in [2.75, 3.05) is 19.6 Å². The molecule has 0 aromatic carbocycles. The topological polar surface area (TPSA) is 3.24 Å². The van der Waals surface area contributed by atoms with Gasteiger partial charge in [-0.3, -0.25) is 0 Å². The first kappa shape index (κ1) is 14.0. The Labute approximate surface area is 103 Å². The lowest BCUT2D eigenvalue weighted by Crippen LogP contribution is -2.46. The van der Waals surface area contributed by atoms with Crippen LogP contribution in [0.15, 0.2) is 0 Å². The van der Waals surface area contributed by atoms with E-state index in [1.807, 2.05) is 0 Å². The molecule has 0 aliphatic carbocycles. The molecule has 0 atom stereocenters. The summed E-state index contributed by atoms with van der Waals surface area (Å²) in [4.78, 5) is 2.65. The van der Waals surface area contributed by atoms with Crippen LogP contribution in [0.2, 0.25) is 0 Å². The van der Waals surface area contributed by atoms with Crippen LogP contribution in [0.1, 0.15) is 60.8 Å². The lowest BCUT2D eigenvalue weighted by atomic mass is 9.60. The van der Waals surface area contributed by atoms with Crippen LogP contribution in [0.3, 0.4) is 0 Å². The average molecular weight is 225 g/mol. The number of nitrogens with zero attached hydrogens (tertiary/aromatic N) is 1. The van der Waals surface area contributed by atoms with E-state index in [1.165, 1.54) is 38.9 Å².